The first-order valence-electron chi connectivity index (χ1n) is 10.7. The van der Waals surface area contributed by atoms with Crippen LogP contribution in [0.1, 0.15) is 24.1 Å². The number of aliphatic hydroxyl groups is 1. The highest BCUT2D eigenvalue weighted by molar-refractivity contribution is 6.46. The van der Waals surface area contributed by atoms with Crippen LogP contribution in [0.25, 0.3) is 5.76 Å². The fraction of sp³-hybridized carbons (Fsp3) is 0.360. The molecule has 0 aliphatic carbocycles. The first kappa shape index (κ1) is 24.9. The number of ether oxygens (including phenoxy) is 5. The smallest absolute Gasteiger partial charge is 0.295 e. The van der Waals surface area contributed by atoms with Crippen LogP contribution < -0.4 is 18.9 Å². The average molecular weight is 472 g/mol. The van der Waals surface area contributed by atoms with E-state index in [0.717, 1.165) is 0 Å². The molecule has 1 fully saturated rings. The van der Waals surface area contributed by atoms with Gasteiger partial charge in [-0.2, -0.15) is 0 Å². The number of methoxy groups -OCH3 is 4. The zero-order chi connectivity index (χ0) is 24.8. The first-order chi connectivity index (χ1) is 16.4. The van der Waals surface area contributed by atoms with E-state index in [2.05, 4.69) is 0 Å². The van der Waals surface area contributed by atoms with Crippen molar-refractivity contribution in [3.63, 3.8) is 0 Å². The molecule has 182 valence electrons. The third-order valence-electron chi connectivity index (χ3n) is 5.50. The van der Waals surface area contributed by atoms with Crippen LogP contribution in [0, 0.1) is 0 Å². The summed E-state index contributed by atoms with van der Waals surface area (Å²) in [6.07, 6.45) is 0. The molecule has 34 heavy (non-hydrogen) atoms. The summed E-state index contributed by atoms with van der Waals surface area (Å²) in [4.78, 5) is 27.5. The maximum absolute atomic E-state index is 13.2. The SMILES string of the molecule is CCOc1cccc(C(O)=C2C(=O)C(=O)N(CCOC)C2c2cc(OC)c(OC)c(OC)c2)c1. The van der Waals surface area contributed by atoms with E-state index in [1.165, 1.54) is 33.3 Å². The molecule has 1 heterocycles. The standard InChI is InChI=1S/C25H29NO8/c1-6-34-17-9-7-8-15(12-17)22(27)20-21(26(10-11-30-2)25(29)23(20)28)16-13-18(31-3)24(33-5)19(14-16)32-4/h7-9,12-14,21,27H,6,10-11H2,1-5H3. The van der Waals surface area contributed by atoms with Gasteiger partial charge in [-0.3, -0.25) is 9.59 Å². The summed E-state index contributed by atoms with van der Waals surface area (Å²) in [6, 6.07) is 9.12. The lowest BCUT2D eigenvalue weighted by Gasteiger charge is -2.26. The number of carbonyl (C=O) groups is 2. The predicted molar refractivity (Wildman–Crippen MR) is 125 cm³/mol. The maximum Gasteiger partial charge on any atom is 0.295 e. The summed E-state index contributed by atoms with van der Waals surface area (Å²) in [5.74, 6) is -0.234. The number of ketones is 1. The number of carbonyl (C=O) groups excluding carboxylic acids is 2. The predicted octanol–water partition coefficient (Wildman–Crippen LogP) is 3.18. The zero-order valence-corrected chi connectivity index (χ0v) is 19.9. The van der Waals surface area contributed by atoms with Gasteiger partial charge in [0.25, 0.3) is 11.7 Å². The van der Waals surface area contributed by atoms with Gasteiger partial charge < -0.3 is 33.7 Å². The molecular formula is C25H29NO8. The molecule has 2 aromatic carbocycles. The molecule has 1 aliphatic rings. The van der Waals surface area contributed by atoms with Crippen LogP contribution in [0.3, 0.4) is 0 Å². The lowest BCUT2D eigenvalue weighted by molar-refractivity contribution is -0.140. The molecule has 0 saturated carbocycles. The zero-order valence-electron chi connectivity index (χ0n) is 19.9. The van der Waals surface area contributed by atoms with E-state index in [9.17, 15) is 14.7 Å². The number of hydrogen-bond donors (Lipinski definition) is 1. The summed E-state index contributed by atoms with van der Waals surface area (Å²) < 4.78 is 27.0. The Balaban J connectivity index is 2.24. The van der Waals surface area contributed by atoms with E-state index in [1.807, 2.05) is 6.92 Å². The fourth-order valence-corrected chi connectivity index (χ4v) is 3.96. The van der Waals surface area contributed by atoms with Crippen molar-refractivity contribution in [2.75, 3.05) is 48.2 Å². The molecule has 2 aromatic rings. The lowest BCUT2D eigenvalue weighted by Crippen LogP contribution is -2.32. The number of benzene rings is 2. The molecule has 0 aromatic heterocycles. The van der Waals surface area contributed by atoms with Gasteiger partial charge in [-0.05, 0) is 36.8 Å². The number of nitrogens with zero attached hydrogens (tertiary/aromatic N) is 1. The highest BCUT2D eigenvalue weighted by Crippen LogP contribution is 2.45. The number of amides is 1. The molecule has 9 nitrogen and oxygen atoms in total. The Hall–Kier alpha value is -3.72. The minimum Gasteiger partial charge on any atom is -0.507 e. The topological polar surface area (TPSA) is 104 Å². The Kier molecular flexibility index (Phi) is 8.01. The Morgan fingerprint density at radius 2 is 1.68 bits per heavy atom. The van der Waals surface area contributed by atoms with Crippen molar-refractivity contribution in [1.29, 1.82) is 0 Å². The first-order valence-corrected chi connectivity index (χ1v) is 10.7. The number of likely N-dealkylation sites (tertiary alicyclic amines) is 1. The second kappa shape index (κ2) is 10.9. The van der Waals surface area contributed by atoms with Crippen LogP contribution in [-0.2, 0) is 14.3 Å². The van der Waals surface area contributed by atoms with E-state index in [1.54, 1.807) is 36.4 Å². The van der Waals surface area contributed by atoms with Crippen molar-refractivity contribution in [1.82, 2.24) is 4.90 Å². The van der Waals surface area contributed by atoms with Crippen molar-refractivity contribution in [3.05, 3.63) is 53.1 Å². The van der Waals surface area contributed by atoms with Gasteiger partial charge in [0, 0.05) is 19.2 Å². The van der Waals surface area contributed by atoms with Gasteiger partial charge in [-0.1, -0.05) is 12.1 Å². The van der Waals surface area contributed by atoms with Crippen molar-refractivity contribution in [3.8, 4) is 23.0 Å². The molecule has 9 heteroatoms. The highest BCUT2D eigenvalue weighted by Gasteiger charge is 2.46. The van der Waals surface area contributed by atoms with E-state index in [4.69, 9.17) is 23.7 Å². The third-order valence-corrected chi connectivity index (χ3v) is 5.50. The summed E-state index contributed by atoms with van der Waals surface area (Å²) in [6.45, 7) is 2.63. The average Bonchev–Trinajstić information content (AvgIpc) is 3.11. The number of Topliss-reactive ketones (excluding diaryl/α,β-unsaturated/α-hetero) is 1. The molecule has 0 bridgehead atoms. The molecule has 1 atom stereocenters. The van der Waals surface area contributed by atoms with Crippen molar-refractivity contribution in [2.45, 2.75) is 13.0 Å². The van der Waals surface area contributed by atoms with Crippen molar-refractivity contribution >= 4 is 17.4 Å². The molecule has 1 N–H and O–H groups in total. The van der Waals surface area contributed by atoms with E-state index < -0.39 is 17.7 Å². The molecule has 3 rings (SSSR count). The van der Waals surface area contributed by atoms with Gasteiger partial charge in [-0.15, -0.1) is 0 Å². The summed E-state index contributed by atoms with van der Waals surface area (Å²) in [7, 11) is 5.94. The minimum atomic E-state index is -0.903. The summed E-state index contributed by atoms with van der Waals surface area (Å²) in [5, 5.41) is 11.2. The van der Waals surface area contributed by atoms with Crippen LogP contribution in [0.4, 0.5) is 0 Å². The summed E-state index contributed by atoms with van der Waals surface area (Å²) >= 11 is 0. The van der Waals surface area contributed by atoms with E-state index >= 15 is 0 Å². The monoisotopic (exact) mass is 471 g/mol. The molecule has 0 radical (unpaired) electrons. The molecule has 1 aliphatic heterocycles. The Morgan fingerprint density at radius 3 is 2.24 bits per heavy atom. The van der Waals surface area contributed by atoms with Crippen LogP contribution >= 0.6 is 0 Å². The van der Waals surface area contributed by atoms with Crippen LogP contribution in [-0.4, -0.2) is 69.9 Å². The number of rotatable bonds is 10. The summed E-state index contributed by atoms with van der Waals surface area (Å²) in [5.41, 5.74) is 0.810. The van der Waals surface area contributed by atoms with Gasteiger partial charge >= 0.3 is 0 Å². The number of hydrogen-bond acceptors (Lipinski definition) is 8. The second-order valence-electron chi connectivity index (χ2n) is 7.40. The Labute approximate surface area is 198 Å². The van der Waals surface area contributed by atoms with Crippen molar-refractivity contribution in [2.24, 2.45) is 0 Å². The van der Waals surface area contributed by atoms with Gasteiger partial charge in [0.2, 0.25) is 5.75 Å². The van der Waals surface area contributed by atoms with Gasteiger partial charge in [-0.25, -0.2) is 0 Å². The number of aliphatic hydroxyl groups excluding tert-OH is 1. The van der Waals surface area contributed by atoms with Gasteiger partial charge in [0.1, 0.15) is 11.5 Å². The maximum atomic E-state index is 13.2. The largest absolute Gasteiger partial charge is 0.507 e. The second-order valence-corrected chi connectivity index (χ2v) is 7.40. The Morgan fingerprint density at radius 1 is 1.00 bits per heavy atom. The van der Waals surface area contributed by atoms with Gasteiger partial charge in [0.05, 0.1) is 46.2 Å². The van der Waals surface area contributed by atoms with Crippen molar-refractivity contribution < 1.29 is 38.4 Å². The fourth-order valence-electron chi connectivity index (χ4n) is 3.96. The molecule has 1 saturated heterocycles. The Bertz CT molecular complexity index is 1070. The molecule has 1 amide bonds. The lowest BCUT2D eigenvalue weighted by atomic mass is 9.94. The molecular weight excluding hydrogens is 442 g/mol. The minimum absolute atomic E-state index is 0.0518. The third kappa shape index (κ3) is 4.65. The van der Waals surface area contributed by atoms with Crippen LogP contribution in [0.2, 0.25) is 0 Å². The highest BCUT2D eigenvalue weighted by atomic mass is 16.5. The quantitative estimate of drug-likeness (QED) is 0.320. The molecule has 1 unspecified atom stereocenters. The van der Waals surface area contributed by atoms with E-state index in [-0.39, 0.29) is 24.5 Å². The van der Waals surface area contributed by atoms with E-state index in [0.29, 0.717) is 40.7 Å². The normalized spacial score (nSPS) is 17.1. The molecule has 0 spiro atoms. The van der Waals surface area contributed by atoms with Gasteiger partial charge in [0.15, 0.2) is 11.5 Å². The van der Waals surface area contributed by atoms with Crippen LogP contribution in [0.5, 0.6) is 23.0 Å². The van der Waals surface area contributed by atoms with Crippen LogP contribution in [0.15, 0.2) is 42.0 Å².